The Bertz CT molecular complexity index is 1190. The number of para-hydroxylation sites is 2. The van der Waals surface area contributed by atoms with Crippen molar-refractivity contribution >= 4 is 50.2 Å². The molecule has 2 aromatic carbocycles. The smallest absolute Gasteiger partial charge is 0.243 e. The summed E-state index contributed by atoms with van der Waals surface area (Å²) in [6, 6.07) is 12.0. The van der Waals surface area contributed by atoms with E-state index in [0.29, 0.717) is 31.1 Å². The van der Waals surface area contributed by atoms with Crippen molar-refractivity contribution in [3.63, 3.8) is 0 Å². The Hall–Kier alpha value is -2.13. The maximum Gasteiger partial charge on any atom is 0.243 e. The zero-order valence-electron chi connectivity index (χ0n) is 16.0. The molecule has 0 aliphatic carbocycles. The normalized spacial score (nSPS) is 15.6. The first kappa shape index (κ1) is 21.1. The first-order valence-electron chi connectivity index (χ1n) is 9.49. The number of imidazole rings is 1. The van der Waals surface area contributed by atoms with Gasteiger partial charge in [0.05, 0.1) is 32.3 Å². The highest BCUT2D eigenvalue weighted by atomic mass is 35.5. The van der Waals surface area contributed by atoms with Gasteiger partial charge in [-0.05, 0) is 30.3 Å². The Kier molecular flexibility index (Phi) is 6.02. The molecule has 0 unspecified atom stereocenters. The molecule has 1 saturated heterocycles. The molecular weight excluding hydrogens is 447 g/mol. The number of nitrogens with zero attached hydrogens (tertiary/aromatic N) is 4. The van der Waals surface area contributed by atoms with Gasteiger partial charge in [0.15, 0.2) is 0 Å². The van der Waals surface area contributed by atoms with Gasteiger partial charge in [-0.1, -0.05) is 35.3 Å². The molecule has 4 rings (SSSR count). The number of halogens is 2. The molecular formula is C20H20Cl2N4O3S. The molecule has 0 atom stereocenters. The molecule has 1 aliphatic heterocycles. The monoisotopic (exact) mass is 466 g/mol. The lowest BCUT2D eigenvalue weighted by Crippen LogP contribution is -2.50. The van der Waals surface area contributed by atoms with Gasteiger partial charge >= 0.3 is 0 Å². The van der Waals surface area contributed by atoms with E-state index in [1.54, 1.807) is 11.2 Å². The zero-order valence-corrected chi connectivity index (χ0v) is 18.4. The van der Waals surface area contributed by atoms with E-state index in [1.165, 1.54) is 22.5 Å². The molecule has 1 aliphatic rings. The predicted octanol–water partition coefficient (Wildman–Crippen LogP) is 3.27. The number of hydrogen-bond donors (Lipinski definition) is 0. The fourth-order valence-electron chi connectivity index (χ4n) is 3.53. The Morgan fingerprint density at radius 2 is 1.73 bits per heavy atom. The molecule has 0 N–H and O–H groups in total. The largest absolute Gasteiger partial charge is 0.340 e. The maximum absolute atomic E-state index is 12.8. The van der Waals surface area contributed by atoms with Gasteiger partial charge in [-0.2, -0.15) is 4.31 Å². The average Bonchev–Trinajstić information content (AvgIpc) is 3.17. The van der Waals surface area contributed by atoms with E-state index in [9.17, 15) is 13.2 Å². The lowest BCUT2D eigenvalue weighted by atomic mass is 10.3. The van der Waals surface area contributed by atoms with Gasteiger partial charge in [-0.15, -0.1) is 0 Å². The van der Waals surface area contributed by atoms with Crippen molar-refractivity contribution in [2.24, 2.45) is 0 Å². The van der Waals surface area contributed by atoms with Crippen LogP contribution in [0.15, 0.2) is 53.7 Å². The molecule has 30 heavy (non-hydrogen) atoms. The van der Waals surface area contributed by atoms with E-state index in [1.807, 2.05) is 28.8 Å². The SMILES string of the molecule is O=C(CCn1cnc2ccccc21)N1CCN(S(=O)(=O)c2ccc(Cl)c(Cl)c2)CC1. The molecule has 0 saturated carbocycles. The van der Waals surface area contributed by atoms with Crippen LogP contribution in [0.1, 0.15) is 6.42 Å². The van der Waals surface area contributed by atoms with Gasteiger partial charge in [0.25, 0.3) is 0 Å². The molecule has 0 spiro atoms. The van der Waals surface area contributed by atoms with Crippen LogP contribution in [0.4, 0.5) is 0 Å². The van der Waals surface area contributed by atoms with Crippen molar-refractivity contribution in [1.29, 1.82) is 0 Å². The van der Waals surface area contributed by atoms with Crippen molar-refractivity contribution in [2.75, 3.05) is 26.2 Å². The van der Waals surface area contributed by atoms with E-state index in [-0.39, 0.29) is 28.9 Å². The number of benzene rings is 2. The van der Waals surface area contributed by atoms with E-state index in [4.69, 9.17) is 23.2 Å². The summed E-state index contributed by atoms with van der Waals surface area (Å²) in [5.41, 5.74) is 1.88. The van der Waals surface area contributed by atoms with Gasteiger partial charge in [0.2, 0.25) is 15.9 Å². The molecule has 1 amide bonds. The number of aryl methyl sites for hydroxylation is 1. The Labute approximate surface area is 184 Å². The van der Waals surface area contributed by atoms with Crippen molar-refractivity contribution in [1.82, 2.24) is 18.8 Å². The van der Waals surface area contributed by atoms with E-state index < -0.39 is 10.0 Å². The number of fused-ring (bicyclic) bond motifs is 1. The van der Waals surface area contributed by atoms with Crippen molar-refractivity contribution < 1.29 is 13.2 Å². The average molecular weight is 467 g/mol. The van der Waals surface area contributed by atoms with Crippen molar-refractivity contribution in [3.8, 4) is 0 Å². The Morgan fingerprint density at radius 3 is 2.47 bits per heavy atom. The quantitative estimate of drug-likeness (QED) is 0.578. The van der Waals surface area contributed by atoms with Gasteiger partial charge in [0.1, 0.15) is 0 Å². The third kappa shape index (κ3) is 4.18. The third-order valence-electron chi connectivity index (χ3n) is 5.21. The second kappa shape index (κ2) is 8.55. The summed E-state index contributed by atoms with van der Waals surface area (Å²) in [5, 5.41) is 0.496. The van der Waals surface area contributed by atoms with Crippen LogP contribution >= 0.6 is 23.2 Å². The number of carbonyl (C=O) groups excluding carboxylic acids is 1. The first-order valence-corrected chi connectivity index (χ1v) is 11.7. The van der Waals surface area contributed by atoms with Crippen molar-refractivity contribution in [2.45, 2.75) is 17.9 Å². The topological polar surface area (TPSA) is 75.5 Å². The first-order chi connectivity index (χ1) is 14.4. The summed E-state index contributed by atoms with van der Waals surface area (Å²) in [6.45, 7) is 1.71. The van der Waals surface area contributed by atoms with Crippen LogP contribution in [-0.4, -0.2) is 59.3 Å². The second-order valence-corrected chi connectivity index (χ2v) is 9.79. The molecule has 0 radical (unpaired) electrons. The maximum atomic E-state index is 12.8. The minimum atomic E-state index is -3.68. The van der Waals surface area contributed by atoms with Gasteiger partial charge in [0, 0.05) is 39.1 Å². The van der Waals surface area contributed by atoms with Crippen LogP contribution in [0.5, 0.6) is 0 Å². The van der Waals surface area contributed by atoms with E-state index in [2.05, 4.69) is 4.98 Å². The minimum Gasteiger partial charge on any atom is -0.340 e. The number of amides is 1. The lowest BCUT2D eigenvalue weighted by Gasteiger charge is -2.34. The molecule has 1 fully saturated rings. The molecule has 158 valence electrons. The highest BCUT2D eigenvalue weighted by molar-refractivity contribution is 7.89. The van der Waals surface area contributed by atoms with Gasteiger partial charge in [-0.25, -0.2) is 13.4 Å². The molecule has 3 aromatic rings. The fourth-order valence-corrected chi connectivity index (χ4v) is 5.34. The van der Waals surface area contributed by atoms with E-state index in [0.717, 1.165) is 11.0 Å². The standard InChI is InChI=1S/C20H20Cl2N4O3S/c21-16-6-5-15(13-17(16)22)30(28,29)26-11-9-24(10-12-26)20(27)7-8-25-14-23-18-3-1-2-4-19(18)25/h1-6,13-14H,7-12H2. The Morgan fingerprint density at radius 1 is 1.00 bits per heavy atom. The van der Waals surface area contributed by atoms with Crippen LogP contribution in [-0.2, 0) is 21.4 Å². The van der Waals surface area contributed by atoms with Gasteiger partial charge < -0.3 is 9.47 Å². The zero-order chi connectivity index (χ0) is 21.3. The number of carbonyl (C=O) groups is 1. The predicted molar refractivity (Wildman–Crippen MR) is 116 cm³/mol. The summed E-state index contributed by atoms with van der Waals surface area (Å²) in [5.74, 6) is -0.000587. The number of hydrogen-bond acceptors (Lipinski definition) is 4. The summed E-state index contributed by atoms with van der Waals surface area (Å²) < 4.78 is 29.0. The molecule has 7 nitrogen and oxygen atoms in total. The Balaban J connectivity index is 1.35. The highest BCUT2D eigenvalue weighted by Crippen LogP contribution is 2.27. The fraction of sp³-hybridized carbons (Fsp3) is 0.300. The molecule has 0 bridgehead atoms. The van der Waals surface area contributed by atoms with Crippen LogP contribution < -0.4 is 0 Å². The number of piperazine rings is 1. The molecule has 2 heterocycles. The molecule has 1 aromatic heterocycles. The van der Waals surface area contributed by atoms with Crippen LogP contribution in [0.25, 0.3) is 11.0 Å². The second-order valence-electron chi connectivity index (χ2n) is 7.04. The van der Waals surface area contributed by atoms with Crippen molar-refractivity contribution in [3.05, 3.63) is 58.8 Å². The number of rotatable bonds is 5. The van der Waals surface area contributed by atoms with Crippen LogP contribution in [0.2, 0.25) is 10.0 Å². The number of aromatic nitrogens is 2. The van der Waals surface area contributed by atoms with Crippen LogP contribution in [0, 0.1) is 0 Å². The highest BCUT2D eigenvalue weighted by Gasteiger charge is 2.30. The van der Waals surface area contributed by atoms with Gasteiger partial charge in [-0.3, -0.25) is 4.79 Å². The summed E-state index contributed by atoms with van der Waals surface area (Å²) in [7, 11) is -3.68. The number of sulfonamides is 1. The summed E-state index contributed by atoms with van der Waals surface area (Å²) in [4.78, 5) is 18.8. The van der Waals surface area contributed by atoms with E-state index >= 15 is 0 Å². The third-order valence-corrected chi connectivity index (χ3v) is 7.85. The summed E-state index contributed by atoms with van der Waals surface area (Å²) in [6.07, 6.45) is 2.07. The van der Waals surface area contributed by atoms with Crippen LogP contribution in [0.3, 0.4) is 0 Å². The molecule has 10 heteroatoms. The minimum absolute atomic E-state index is 0.000587. The lowest BCUT2D eigenvalue weighted by molar-refractivity contribution is -0.132. The summed E-state index contributed by atoms with van der Waals surface area (Å²) >= 11 is 11.8.